The first-order valence-corrected chi connectivity index (χ1v) is 5.82. The first-order chi connectivity index (χ1) is 8.72. The molecule has 0 saturated carbocycles. The van der Waals surface area contributed by atoms with E-state index in [4.69, 9.17) is 0 Å². The van der Waals surface area contributed by atoms with Crippen molar-refractivity contribution in [3.8, 4) is 0 Å². The van der Waals surface area contributed by atoms with Gasteiger partial charge in [0.2, 0.25) is 11.8 Å². The standard InChI is InChI=1S/C13H13N3O2/c1-2-4-8-12(17)15-10-6-3-5-9-11(10)16(7-14-9)13(8)18/h2-3,5-6,8,14H,1,4,7H2,(H,15,17). The Balaban J connectivity index is 2.11. The summed E-state index contributed by atoms with van der Waals surface area (Å²) in [5, 5.41) is 5.96. The van der Waals surface area contributed by atoms with Crippen LogP contribution < -0.4 is 15.5 Å². The van der Waals surface area contributed by atoms with Crippen molar-refractivity contribution in [2.45, 2.75) is 6.42 Å². The van der Waals surface area contributed by atoms with E-state index in [0.717, 1.165) is 11.4 Å². The van der Waals surface area contributed by atoms with Crippen molar-refractivity contribution in [3.05, 3.63) is 30.9 Å². The topological polar surface area (TPSA) is 61.4 Å². The predicted octanol–water partition coefficient (Wildman–Crippen LogP) is 1.55. The van der Waals surface area contributed by atoms with E-state index in [1.165, 1.54) is 0 Å². The highest BCUT2D eigenvalue weighted by Crippen LogP contribution is 2.41. The van der Waals surface area contributed by atoms with E-state index in [-0.39, 0.29) is 11.8 Å². The van der Waals surface area contributed by atoms with Crippen LogP contribution in [-0.4, -0.2) is 18.5 Å². The molecular formula is C13H13N3O2. The van der Waals surface area contributed by atoms with Gasteiger partial charge in [-0.25, -0.2) is 0 Å². The van der Waals surface area contributed by atoms with Crippen LogP contribution in [0.3, 0.4) is 0 Å². The molecule has 0 aliphatic carbocycles. The molecule has 2 aliphatic heterocycles. The fourth-order valence-electron chi connectivity index (χ4n) is 2.40. The normalized spacial score (nSPS) is 20.9. The highest BCUT2D eigenvalue weighted by Gasteiger charge is 2.38. The Kier molecular flexibility index (Phi) is 2.33. The van der Waals surface area contributed by atoms with Crippen molar-refractivity contribution in [1.82, 2.24) is 0 Å². The van der Waals surface area contributed by atoms with Crippen molar-refractivity contribution in [1.29, 1.82) is 0 Å². The zero-order valence-electron chi connectivity index (χ0n) is 9.77. The van der Waals surface area contributed by atoms with Gasteiger partial charge in [-0.05, 0) is 18.6 Å². The third-order valence-electron chi connectivity index (χ3n) is 3.27. The smallest absolute Gasteiger partial charge is 0.241 e. The highest BCUT2D eigenvalue weighted by molar-refractivity contribution is 6.19. The number of para-hydroxylation sites is 1. The lowest BCUT2D eigenvalue weighted by molar-refractivity contribution is -0.130. The van der Waals surface area contributed by atoms with Crippen LogP contribution in [0.5, 0.6) is 0 Å². The number of nitrogens with zero attached hydrogens (tertiary/aromatic N) is 1. The molecule has 1 aromatic rings. The number of rotatable bonds is 2. The molecule has 0 radical (unpaired) electrons. The second-order valence-corrected chi connectivity index (χ2v) is 4.37. The van der Waals surface area contributed by atoms with Crippen LogP contribution in [0.1, 0.15) is 6.42 Å². The fourth-order valence-corrected chi connectivity index (χ4v) is 2.40. The summed E-state index contributed by atoms with van der Waals surface area (Å²) < 4.78 is 0. The predicted molar refractivity (Wildman–Crippen MR) is 69.4 cm³/mol. The summed E-state index contributed by atoms with van der Waals surface area (Å²) in [5.74, 6) is -1.13. The second-order valence-electron chi connectivity index (χ2n) is 4.37. The minimum atomic E-state index is -0.692. The van der Waals surface area contributed by atoms with Crippen molar-refractivity contribution < 1.29 is 9.59 Å². The third kappa shape index (κ3) is 1.40. The van der Waals surface area contributed by atoms with Crippen molar-refractivity contribution in [3.63, 3.8) is 0 Å². The largest absolute Gasteiger partial charge is 0.366 e. The molecule has 18 heavy (non-hydrogen) atoms. The summed E-state index contributed by atoms with van der Waals surface area (Å²) in [6, 6.07) is 5.55. The number of hydrogen-bond donors (Lipinski definition) is 2. The van der Waals surface area contributed by atoms with E-state index in [9.17, 15) is 9.59 Å². The Morgan fingerprint density at radius 2 is 2.17 bits per heavy atom. The molecule has 1 atom stereocenters. The maximum atomic E-state index is 12.4. The molecule has 3 rings (SSSR count). The van der Waals surface area contributed by atoms with Crippen LogP contribution in [0, 0.1) is 5.92 Å². The number of carbonyl (C=O) groups is 2. The molecule has 0 bridgehead atoms. The molecule has 0 saturated heterocycles. The molecule has 0 fully saturated rings. The number of amides is 2. The summed E-state index contributed by atoms with van der Waals surface area (Å²) in [6.07, 6.45) is 1.95. The summed E-state index contributed by atoms with van der Waals surface area (Å²) in [5.41, 5.74) is 2.32. The van der Waals surface area contributed by atoms with Crippen LogP contribution in [0.4, 0.5) is 17.1 Å². The molecule has 5 nitrogen and oxygen atoms in total. The SMILES string of the molecule is C=CCC1C(=O)Nc2cccc3c2N(CN3)C1=O. The van der Waals surface area contributed by atoms with E-state index >= 15 is 0 Å². The molecule has 1 unspecified atom stereocenters. The molecule has 2 amide bonds. The summed E-state index contributed by atoms with van der Waals surface area (Å²) in [4.78, 5) is 26.0. The molecule has 0 spiro atoms. The average Bonchev–Trinajstić information content (AvgIpc) is 2.76. The first kappa shape index (κ1) is 10.8. The average molecular weight is 243 g/mol. The fraction of sp³-hybridized carbons (Fsp3) is 0.231. The van der Waals surface area contributed by atoms with Crippen LogP contribution >= 0.6 is 0 Å². The van der Waals surface area contributed by atoms with Gasteiger partial charge in [-0.2, -0.15) is 0 Å². The zero-order valence-corrected chi connectivity index (χ0v) is 9.77. The van der Waals surface area contributed by atoms with Gasteiger partial charge in [0.05, 0.1) is 23.7 Å². The number of anilines is 3. The van der Waals surface area contributed by atoms with Crippen LogP contribution in [0.2, 0.25) is 0 Å². The molecule has 5 heteroatoms. The molecule has 92 valence electrons. The van der Waals surface area contributed by atoms with Gasteiger partial charge in [-0.15, -0.1) is 6.58 Å². The minimum Gasteiger partial charge on any atom is -0.366 e. The molecular weight excluding hydrogens is 230 g/mol. The van der Waals surface area contributed by atoms with E-state index in [2.05, 4.69) is 17.2 Å². The van der Waals surface area contributed by atoms with Crippen molar-refractivity contribution in [2.75, 3.05) is 22.2 Å². The lowest BCUT2D eigenvalue weighted by Gasteiger charge is -2.17. The van der Waals surface area contributed by atoms with Crippen molar-refractivity contribution >= 4 is 28.9 Å². The Labute approximate surface area is 104 Å². The monoisotopic (exact) mass is 243 g/mol. The number of nitrogens with one attached hydrogen (secondary N) is 2. The third-order valence-corrected chi connectivity index (χ3v) is 3.27. The summed E-state index contributed by atoms with van der Waals surface area (Å²) in [6.45, 7) is 4.01. The summed E-state index contributed by atoms with van der Waals surface area (Å²) in [7, 11) is 0. The maximum Gasteiger partial charge on any atom is 0.241 e. The number of carbonyl (C=O) groups excluding carboxylic acids is 2. The lowest BCUT2D eigenvalue weighted by Crippen LogP contribution is -2.38. The molecule has 0 aromatic heterocycles. The number of hydrogen-bond acceptors (Lipinski definition) is 3. The molecule has 1 aromatic carbocycles. The number of allylic oxidation sites excluding steroid dienone is 1. The van der Waals surface area contributed by atoms with E-state index in [1.54, 1.807) is 17.0 Å². The first-order valence-electron chi connectivity index (χ1n) is 5.82. The van der Waals surface area contributed by atoms with Crippen LogP contribution in [0.25, 0.3) is 0 Å². The zero-order chi connectivity index (χ0) is 12.7. The van der Waals surface area contributed by atoms with Gasteiger partial charge in [0.25, 0.3) is 0 Å². The highest BCUT2D eigenvalue weighted by atomic mass is 16.2. The van der Waals surface area contributed by atoms with Gasteiger partial charge < -0.3 is 10.6 Å². The molecule has 2 N–H and O–H groups in total. The van der Waals surface area contributed by atoms with E-state index in [0.29, 0.717) is 18.8 Å². The quantitative estimate of drug-likeness (QED) is 0.612. The summed E-state index contributed by atoms with van der Waals surface area (Å²) >= 11 is 0. The Bertz CT molecular complexity index is 553. The second kappa shape index (κ2) is 3.87. The Morgan fingerprint density at radius 1 is 1.39 bits per heavy atom. The molecule has 2 heterocycles. The number of benzene rings is 1. The van der Waals surface area contributed by atoms with Gasteiger partial charge in [-0.1, -0.05) is 12.1 Å². The van der Waals surface area contributed by atoms with E-state index < -0.39 is 5.92 Å². The van der Waals surface area contributed by atoms with Crippen LogP contribution in [-0.2, 0) is 9.59 Å². The minimum absolute atomic E-state index is 0.177. The van der Waals surface area contributed by atoms with E-state index in [1.807, 2.05) is 12.1 Å². The molecule has 2 aliphatic rings. The maximum absolute atomic E-state index is 12.4. The van der Waals surface area contributed by atoms with Gasteiger partial charge in [0.1, 0.15) is 5.92 Å². The van der Waals surface area contributed by atoms with Gasteiger partial charge in [-0.3, -0.25) is 14.5 Å². The Morgan fingerprint density at radius 3 is 2.94 bits per heavy atom. The van der Waals surface area contributed by atoms with Gasteiger partial charge >= 0.3 is 0 Å². The van der Waals surface area contributed by atoms with Crippen LogP contribution in [0.15, 0.2) is 30.9 Å². The van der Waals surface area contributed by atoms with Crippen molar-refractivity contribution in [2.24, 2.45) is 5.92 Å². The van der Waals surface area contributed by atoms with Gasteiger partial charge in [0, 0.05) is 0 Å². The Hall–Kier alpha value is -2.30. The van der Waals surface area contributed by atoms with Gasteiger partial charge in [0.15, 0.2) is 0 Å². The lowest BCUT2D eigenvalue weighted by atomic mass is 10.0.